The molecule has 0 aliphatic rings. The number of hydrogen-bond donors (Lipinski definition) is 5. The Morgan fingerprint density at radius 1 is 0.848 bits per heavy atom. The average molecular weight is 467 g/mol. The van der Waals surface area contributed by atoms with Crippen molar-refractivity contribution in [3.05, 3.63) is 48.6 Å². The molecule has 0 aromatic carbocycles. The molecular weight excluding hydrogens is 420 g/mol. The fourth-order valence-corrected chi connectivity index (χ4v) is 2.62. The van der Waals surface area contributed by atoms with Crippen LogP contribution in [0, 0.1) is 0 Å². The first-order chi connectivity index (χ1) is 15.8. The van der Waals surface area contributed by atoms with Crippen molar-refractivity contribution in [2.75, 3.05) is 6.54 Å². The molecule has 1 unspecified atom stereocenters. The number of unbranched alkanes of at least 4 members (excludes halogenated alkanes) is 4. The van der Waals surface area contributed by atoms with Gasteiger partial charge in [-0.05, 0) is 51.5 Å². The minimum Gasteiger partial charge on any atom is -0.481 e. The Morgan fingerprint density at radius 2 is 1.48 bits per heavy atom. The zero-order valence-corrected chi connectivity index (χ0v) is 20.3. The van der Waals surface area contributed by atoms with Crippen LogP contribution in [-0.4, -0.2) is 45.9 Å². The Morgan fingerprint density at radius 3 is 2.09 bits per heavy atom. The van der Waals surface area contributed by atoms with E-state index in [0.717, 1.165) is 44.9 Å². The molecule has 0 radical (unpaired) electrons. The van der Waals surface area contributed by atoms with Crippen molar-refractivity contribution in [2.45, 2.75) is 96.1 Å². The van der Waals surface area contributed by atoms with Gasteiger partial charge in [-0.15, -0.1) is 0 Å². The van der Waals surface area contributed by atoms with E-state index in [1.54, 1.807) is 0 Å². The molecule has 0 aromatic heterocycles. The molecule has 0 aliphatic heterocycles. The summed E-state index contributed by atoms with van der Waals surface area (Å²) in [4.78, 5) is 20.5. The van der Waals surface area contributed by atoms with Crippen LogP contribution < -0.4 is 11.5 Å². The molecule has 0 bridgehead atoms. The Hall–Kier alpha value is -2.22. The maximum Gasteiger partial charge on any atom is 0.320 e. The quantitative estimate of drug-likeness (QED) is 0.105. The summed E-state index contributed by atoms with van der Waals surface area (Å²) in [5.74, 6) is -1.66. The molecular formula is C26H46N2O5. The van der Waals surface area contributed by atoms with Crippen LogP contribution in [0.5, 0.6) is 0 Å². The molecule has 0 amide bonds. The van der Waals surface area contributed by atoms with Gasteiger partial charge in [0.25, 0.3) is 0 Å². The Balaban J connectivity index is 0. The number of hydrogen-bond acceptors (Lipinski definition) is 5. The second kappa shape index (κ2) is 26.0. The van der Waals surface area contributed by atoms with Crippen molar-refractivity contribution in [3.63, 3.8) is 0 Å². The first-order valence-corrected chi connectivity index (χ1v) is 12.1. The Labute approximate surface area is 199 Å². The van der Waals surface area contributed by atoms with Gasteiger partial charge in [0, 0.05) is 6.42 Å². The van der Waals surface area contributed by atoms with Gasteiger partial charge in [0.15, 0.2) is 0 Å². The topological polar surface area (TPSA) is 147 Å². The number of aliphatic hydroxyl groups excluding tert-OH is 1. The van der Waals surface area contributed by atoms with Crippen molar-refractivity contribution in [1.29, 1.82) is 0 Å². The minimum absolute atomic E-state index is 0.242. The van der Waals surface area contributed by atoms with Crippen molar-refractivity contribution in [1.82, 2.24) is 0 Å². The van der Waals surface area contributed by atoms with Gasteiger partial charge in [0.05, 0.1) is 6.10 Å². The lowest BCUT2D eigenvalue weighted by molar-refractivity contribution is -0.139. The van der Waals surface area contributed by atoms with E-state index in [9.17, 15) is 14.7 Å². The summed E-state index contributed by atoms with van der Waals surface area (Å²) in [6.07, 6.45) is 25.7. The van der Waals surface area contributed by atoms with E-state index >= 15 is 0 Å². The number of nitrogens with two attached hydrogens (primary N) is 2. The van der Waals surface area contributed by atoms with Gasteiger partial charge in [-0.2, -0.15) is 0 Å². The third-order valence-electron chi connectivity index (χ3n) is 4.61. The van der Waals surface area contributed by atoms with E-state index in [4.69, 9.17) is 21.7 Å². The van der Waals surface area contributed by atoms with E-state index < -0.39 is 18.0 Å². The third-order valence-corrected chi connectivity index (χ3v) is 4.61. The van der Waals surface area contributed by atoms with Gasteiger partial charge in [0.1, 0.15) is 6.04 Å². The average Bonchev–Trinajstić information content (AvgIpc) is 2.77. The smallest absolute Gasteiger partial charge is 0.320 e. The molecule has 0 saturated heterocycles. The molecule has 0 aromatic rings. The normalized spacial score (nSPS) is 13.6. The first kappa shape index (κ1) is 33.0. The molecule has 7 N–H and O–H groups in total. The molecule has 7 heteroatoms. The second-order valence-electron chi connectivity index (χ2n) is 7.81. The van der Waals surface area contributed by atoms with Crippen LogP contribution in [0.15, 0.2) is 48.6 Å². The van der Waals surface area contributed by atoms with Crippen LogP contribution in [0.3, 0.4) is 0 Å². The van der Waals surface area contributed by atoms with E-state index in [0.29, 0.717) is 19.4 Å². The van der Waals surface area contributed by atoms with Crippen LogP contribution in [-0.2, 0) is 9.59 Å². The molecule has 0 saturated carbocycles. The van der Waals surface area contributed by atoms with Crippen LogP contribution in [0.4, 0.5) is 0 Å². The van der Waals surface area contributed by atoms with Crippen molar-refractivity contribution < 1.29 is 24.9 Å². The number of aliphatic hydroxyl groups is 1. The number of aliphatic carboxylic acids is 2. The van der Waals surface area contributed by atoms with Gasteiger partial charge in [-0.25, -0.2) is 0 Å². The summed E-state index contributed by atoms with van der Waals surface area (Å²) in [5, 5.41) is 26.5. The molecule has 0 aliphatic carbocycles. The highest BCUT2D eigenvalue weighted by Gasteiger charge is 2.09. The standard InChI is InChI=1S/C20H32O3.C6H14N2O2/c1-2-3-13-16-19(21)17-14-11-9-7-5-4-6-8-10-12-15-18-20(22)23;7-4-2-1-3-5(8)6(9)10/h4-5,8-11,14,17,19,21H,2-3,6-7,12-13,15-16,18H2,1H3,(H,22,23);5H,1-4,7-8H2,(H,9,10)/t;5-/m.0/s1. The predicted octanol–water partition coefficient (Wildman–Crippen LogP) is 4.71. The summed E-state index contributed by atoms with van der Waals surface area (Å²) < 4.78 is 0. The maximum absolute atomic E-state index is 10.3. The Kier molecular flexibility index (Phi) is 26.0. The SMILES string of the molecule is CCCCCC(O)C=CC=CCC=CCC=CCCCC(=O)O.NCCCC[C@H](N)C(=O)O. The van der Waals surface area contributed by atoms with Crippen molar-refractivity contribution >= 4 is 11.9 Å². The van der Waals surface area contributed by atoms with Gasteiger partial charge in [-0.1, -0.05) is 81.2 Å². The van der Waals surface area contributed by atoms with Crippen LogP contribution in [0.2, 0.25) is 0 Å². The van der Waals surface area contributed by atoms with Gasteiger partial charge in [0.2, 0.25) is 0 Å². The number of carboxylic acid groups (broad SMARTS) is 2. The summed E-state index contributed by atoms with van der Waals surface area (Å²) >= 11 is 0. The van der Waals surface area contributed by atoms with Crippen LogP contribution >= 0.6 is 0 Å². The monoisotopic (exact) mass is 466 g/mol. The van der Waals surface area contributed by atoms with Crippen LogP contribution in [0.25, 0.3) is 0 Å². The van der Waals surface area contributed by atoms with Gasteiger partial charge >= 0.3 is 11.9 Å². The highest BCUT2D eigenvalue weighted by atomic mass is 16.4. The molecule has 0 fully saturated rings. The molecule has 190 valence electrons. The lowest BCUT2D eigenvalue weighted by atomic mass is 10.1. The molecule has 0 rings (SSSR count). The van der Waals surface area contributed by atoms with Gasteiger partial charge < -0.3 is 26.8 Å². The molecule has 0 heterocycles. The van der Waals surface area contributed by atoms with E-state index in [1.165, 1.54) is 12.8 Å². The molecule has 0 spiro atoms. The summed E-state index contributed by atoms with van der Waals surface area (Å²) in [7, 11) is 0. The predicted molar refractivity (Wildman–Crippen MR) is 136 cm³/mol. The van der Waals surface area contributed by atoms with Gasteiger partial charge in [-0.3, -0.25) is 9.59 Å². The minimum atomic E-state index is -0.933. The van der Waals surface area contributed by atoms with Crippen molar-refractivity contribution in [2.24, 2.45) is 11.5 Å². The largest absolute Gasteiger partial charge is 0.481 e. The maximum atomic E-state index is 10.3. The third kappa shape index (κ3) is 29.8. The zero-order chi connectivity index (χ0) is 25.2. The number of carbonyl (C=O) groups is 2. The number of rotatable bonds is 19. The molecule has 2 atom stereocenters. The summed E-state index contributed by atoms with van der Waals surface area (Å²) in [6, 6.07) is -0.716. The fourth-order valence-electron chi connectivity index (χ4n) is 2.62. The van der Waals surface area contributed by atoms with Crippen LogP contribution in [0.1, 0.15) is 84.0 Å². The lowest BCUT2D eigenvalue weighted by Crippen LogP contribution is -2.29. The number of allylic oxidation sites excluding steroid dienone is 7. The molecule has 7 nitrogen and oxygen atoms in total. The summed E-state index contributed by atoms with van der Waals surface area (Å²) in [6.45, 7) is 2.76. The van der Waals surface area contributed by atoms with Crippen molar-refractivity contribution in [3.8, 4) is 0 Å². The molecule has 33 heavy (non-hydrogen) atoms. The first-order valence-electron chi connectivity index (χ1n) is 12.1. The number of carboxylic acids is 2. The highest BCUT2D eigenvalue weighted by molar-refractivity contribution is 5.72. The zero-order valence-electron chi connectivity index (χ0n) is 20.3. The highest BCUT2D eigenvalue weighted by Crippen LogP contribution is 2.04. The summed E-state index contributed by atoms with van der Waals surface area (Å²) in [5.41, 5.74) is 10.4. The van der Waals surface area contributed by atoms with E-state index in [-0.39, 0.29) is 12.5 Å². The van der Waals surface area contributed by atoms with E-state index in [1.807, 2.05) is 24.3 Å². The second-order valence-corrected chi connectivity index (χ2v) is 7.81. The fraction of sp³-hybridized carbons (Fsp3) is 0.615. The lowest BCUT2D eigenvalue weighted by Gasteiger charge is -2.03. The Bertz CT molecular complexity index is 585. The van der Waals surface area contributed by atoms with E-state index in [2.05, 4.69) is 31.2 Å².